The van der Waals surface area contributed by atoms with E-state index in [2.05, 4.69) is 16.9 Å². The van der Waals surface area contributed by atoms with Gasteiger partial charge in [0.15, 0.2) is 0 Å². The van der Waals surface area contributed by atoms with Crippen molar-refractivity contribution in [1.29, 1.82) is 0 Å². The summed E-state index contributed by atoms with van der Waals surface area (Å²) in [5, 5.41) is 2.58. The van der Waals surface area contributed by atoms with Crippen molar-refractivity contribution in [3.05, 3.63) is 67.0 Å². The van der Waals surface area contributed by atoms with Gasteiger partial charge in [0.1, 0.15) is 0 Å². The maximum atomic E-state index is 12.9. The summed E-state index contributed by atoms with van der Waals surface area (Å²) in [6, 6.07) is 9.75. The van der Waals surface area contributed by atoms with Gasteiger partial charge in [-0.1, -0.05) is 6.58 Å². The Kier molecular flexibility index (Phi) is 6.96. The summed E-state index contributed by atoms with van der Waals surface area (Å²) in [5.74, 6) is -0.346. The first-order valence-corrected chi connectivity index (χ1v) is 11.0. The number of benzene rings is 1. The van der Waals surface area contributed by atoms with Crippen LogP contribution in [0.3, 0.4) is 0 Å². The molecule has 1 aromatic carbocycles. The topological polar surface area (TPSA) is 99.7 Å². The van der Waals surface area contributed by atoms with E-state index >= 15 is 0 Å². The molecule has 0 spiro atoms. The zero-order chi connectivity index (χ0) is 21.6. The molecule has 0 bridgehead atoms. The van der Waals surface area contributed by atoms with Crippen molar-refractivity contribution in [2.45, 2.75) is 17.7 Å². The summed E-state index contributed by atoms with van der Waals surface area (Å²) in [4.78, 5) is 29.6. The zero-order valence-electron chi connectivity index (χ0n) is 16.5. The second-order valence-electron chi connectivity index (χ2n) is 6.86. The number of hydrogen-bond donors (Lipinski definition) is 1. The molecule has 1 N–H and O–H groups in total. The molecule has 8 nitrogen and oxygen atoms in total. The Balaban J connectivity index is 1.55. The van der Waals surface area contributed by atoms with E-state index in [1.165, 1.54) is 28.6 Å². The molecule has 1 fully saturated rings. The Labute approximate surface area is 176 Å². The van der Waals surface area contributed by atoms with E-state index in [1.54, 1.807) is 17.3 Å². The second-order valence-corrected chi connectivity index (χ2v) is 8.80. The third-order valence-electron chi connectivity index (χ3n) is 4.91. The molecule has 1 aliphatic heterocycles. The van der Waals surface area contributed by atoms with Crippen molar-refractivity contribution in [1.82, 2.24) is 14.2 Å². The van der Waals surface area contributed by atoms with Gasteiger partial charge in [-0.15, -0.1) is 0 Å². The van der Waals surface area contributed by atoms with E-state index in [1.807, 2.05) is 12.1 Å². The number of nitrogens with zero attached hydrogens (tertiary/aromatic N) is 3. The molecule has 2 aromatic rings. The lowest BCUT2D eigenvalue weighted by atomic mass is 10.1. The quantitative estimate of drug-likeness (QED) is 0.677. The van der Waals surface area contributed by atoms with Gasteiger partial charge in [-0.05, 0) is 54.5 Å². The highest BCUT2D eigenvalue weighted by Gasteiger charge is 2.29. The van der Waals surface area contributed by atoms with E-state index in [0.29, 0.717) is 31.6 Å². The van der Waals surface area contributed by atoms with Crippen LogP contribution < -0.4 is 5.32 Å². The van der Waals surface area contributed by atoms with Gasteiger partial charge in [-0.25, -0.2) is 8.42 Å². The summed E-state index contributed by atoms with van der Waals surface area (Å²) >= 11 is 0. The highest BCUT2D eigenvalue weighted by Crippen LogP contribution is 2.20. The Morgan fingerprint density at radius 1 is 1.03 bits per heavy atom. The van der Waals surface area contributed by atoms with E-state index in [-0.39, 0.29) is 29.8 Å². The third kappa shape index (κ3) is 5.31. The fraction of sp³-hybridized carbons (Fsp3) is 0.286. The fourth-order valence-corrected chi connectivity index (χ4v) is 4.61. The van der Waals surface area contributed by atoms with E-state index in [9.17, 15) is 18.0 Å². The average molecular weight is 429 g/mol. The number of carbonyl (C=O) groups is 2. The lowest BCUT2D eigenvalue weighted by molar-refractivity contribution is -0.132. The minimum Gasteiger partial charge on any atom is -0.340 e. The van der Waals surface area contributed by atoms with Crippen LogP contribution in [0.4, 0.5) is 5.69 Å². The second kappa shape index (κ2) is 9.64. The number of anilines is 1. The largest absolute Gasteiger partial charge is 0.340 e. The van der Waals surface area contributed by atoms with Gasteiger partial charge in [0.25, 0.3) is 0 Å². The number of amides is 2. The van der Waals surface area contributed by atoms with Crippen molar-refractivity contribution in [3.8, 4) is 0 Å². The summed E-state index contributed by atoms with van der Waals surface area (Å²) in [5.41, 5.74) is 1.54. The van der Waals surface area contributed by atoms with Crippen molar-refractivity contribution in [2.75, 3.05) is 31.5 Å². The van der Waals surface area contributed by atoms with Crippen LogP contribution in [0.25, 0.3) is 0 Å². The molecule has 0 atom stereocenters. The number of piperazine rings is 1. The van der Waals surface area contributed by atoms with Gasteiger partial charge in [0.2, 0.25) is 21.8 Å². The number of carbonyl (C=O) groups excluding carboxylic acids is 2. The summed E-state index contributed by atoms with van der Waals surface area (Å²) < 4.78 is 27.1. The molecule has 1 aliphatic rings. The molecule has 158 valence electrons. The Hall–Kier alpha value is -3.04. The minimum absolute atomic E-state index is 0.0196. The zero-order valence-corrected chi connectivity index (χ0v) is 17.3. The highest BCUT2D eigenvalue weighted by atomic mass is 32.2. The molecule has 2 amide bonds. The van der Waals surface area contributed by atoms with Crippen molar-refractivity contribution < 1.29 is 18.0 Å². The lowest BCUT2D eigenvalue weighted by Crippen LogP contribution is -2.50. The molecule has 0 saturated carbocycles. The molecular formula is C21H24N4O4S. The van der Waals surface area contributed by atoms with E-state index in [4.69, 9.17) is 0 Å². The number of aromatic nitrogens is 1. The van der Waals surface area contributed by atoms with Gasteiger partial charge in [-0.3, -0.25) is 14.6 Å². The predicted molar refractivity (Wildman–Crippen MR) is 113 cm³/mol. The molecule has 0 radical (unpaired) electrons. The van der Waals surface area contributed by atoms with Crippen molar-refractivity contribution >= 4 is 27.5 Å². The molecule has 2 heterocycles. The number of nitrogens with one attached hydrogen (secondary N) is 1. The maximum absolute atomic E-state index is 12.9. The van der Waals surface area contributed by atoms with Crippen LogP contribution in [-0.4, -0.2) is 60.6 Å². The molecule has 3 rings (SSSR count). The van der Waals surface area contributed by atoms with E-state index < -0.39 is 10.0 Å². The Morgan fingerprint density at radius 3 is 2.27 bits per heavy atom. The summed E-state index contributed by atoms with van der Waals surface area (Å²) in [6.45, 7) is 4.60. The third-order valence-corrected chi connectivity index (χ3v) is 6.83. The molecular weight excluding hydrogens is 404 g/mol. The number of hydrogen-bond acceptors (Lipinski definition) is 5. The van der Waals surface area contributed by atoms with Crippen molar-refractivity contribution in [3.63, 3.8) is 0 Å². The average Bonchev–Trinajstić information content (AvgIpc) is 2.78. The van der Waals surface area contributed by atoms with Crippen molar-refractivity contribution in [2.24, 2.45) is 0 Å². The molecule has 0 aliphatic carbocycles. The van der Waals surface area contributed by atoms with E-state index in [0.717, 1.165) is 11.6 Å². The lowest BCUT2D eigenvalue weighted by Gasteiger charge is -2.34. The van der Waals surface area contributed by atoms with Gasteiger partial charge in [0, 0.05) is 50.7 Å². The number of pyridine rings is 1. The molecule has 1 saturated heterocycles. The van der Waals surface area contributed by atoms with Crippen LogP contribution in [0.2, 0.25) is 0 Å². The molecule has 30 heavy (non-hydrogen) atoms. The van der Waals surface area contributed by atoms with Gasteiger partial charge >= 0.3 is 0 Å². The first-order chi connectivity index (χ1) is 14.4. The first-order valence-electron chi connectivity index (χ1n) is 9.60. The number of aryl methyl sites for hydroxylation is 1. The Morgan fingerprint density at radius 2 is 1.67 bits per heavy atom. The monoisotopic (exact) mass is 428 g/mol. The number of sulfonamides is 1. The summed E-state index contributed by atoms with van der Waals surface area (Å²) in [6.07, 6.45) is 5.55. The van der Waals surface area contributed by atoms with Crippen LogP contribution in [-0.2, 0) is 26.0 Å². The molecule has 9 heteroatoms. The summed E-state index contributed by atoms with van der Waals surface area (Å²) in [7, 11) is -3.66. The normalized spacial score (nSPS) is 14.9. The molecule has 1 aromatic heterocycles. The van der Waals surface area contributed by atoms with Crippen LogP contribution in [0.15, 0.2) is 66.3 Å². The van der Waals surface area contributed by atoms with Crippen LogP contribution >= 0.6 is 0 Å². The fourth-order valence-electron chi connectivity index (χ4n) is 3.19. The standard InChI is InChI=1S/C21H24N4O4S/c1-2-20(26)23-18-4-6-19(7-5-18)30(28,29)25-15-13-24(14-16-25)21(27)8-3-17-9-11-22-12-10-17/h2,4-7,9-12H,1,3,8,13-16H2,(H,23,26). The first kappa shape index (κ1) is 21.7. The molecule has 0 unspecified atom stereocenters. The smallest absolute Gasteiger partial charge is 0.247 e. The minimum atomic E-state index is -3.66. The van der Waals surface area contributed by atoms with Gasteiger partial charge in [-0.2, -0.15) is 4.31 Å². The van der Waals surface area contributed by atoms with Crippen LogP contribution in [0.5, 0.6) is 0 Å². The van der Waals surface area contributed by atoms with Gasteiger partial charge < -0.3 is 10.2 Å². The predicted octanol–water partition coefficient (Wildman–Crippen LogP) is 1.67. The highest BCUT2D eigenvalue weighted by molar-refractivity contribution is 7.89. The van der Waals surface area contributed by atoms with Crippen LogP contribution in [0, 0.1) is 0 Å². The Bertz CT molecular complexity index is 999. The SMILES string of the molecule is C=CC(=O)Nc1ccc(S(=O)(=O)N2CCN(C(=O)CCc3ccncc3)CC2)cc1. The number of rotatable bonds is 7. The maximum Gasteiger partial charge on any atom is 0.247 e. The van der Waals surface area contributed by atoms with Gasteiger partial charge in [0.05, 0.1) is 4.90 Å². The van der Waals surface area contributed by atoms with Crippen LogP contribution in [0.1, 0.15) is 12.0 Å².